The molecular weight excluding hydrogens is 518 g/mol. The van der Waals surface area contributed by atoms with E-state index in [1.54, 1.807) is 20.8 Å². The largest absolute Gasteiger partial charge is 0.472 e. The number of hydrogen-bond acceptors (Lipinski definition) is 7. The number of rotatable bonds is 5. The Labute approximate surface area is 215 Å². The van der Waals surface area contributed by atoms with Crippen molar-refractivity contribution in [3.63, 3.8) is 0 Å². The molecule has 1 saturated heterocycles. The van der Waals surface area contributed by atoms with E-state index in [0.29, 0.717) is 13.0 Å². The van der Waals surface area contributed by atoms with Crippen LogP contribution in [-0.2, 0) is 4.74 Å². The zero-order chi connectivity index (χ0) is 27.0. The molecule has 1 N–H and O–H groups in total. The topological polar surface area (TPSA) is 89.5 Å². The first kappa shape index (κ1) is 26.6. The molecule has 1 aliphatic rings. The van der Waals surface area contributed by atoms with E-state index in [2.05, 4.69) is 20.3 Å². The number of anilines is 1. The Bertz CT molecular complexity index is 1300. The lowest BCUT2D eigenvalue weighted by molar-refractivity contribution is -0.144. The van der Waals surface area contributed by atoms with Gasteiger partial charge < -0.3 is 19.7 Å². The third-order valence-electron chi connectivity index (χ3n) is 5.44. The molecule has 13 heteroatoms. The summed E-state index contributed by atoms with van der Waals surface area (Å²) in [7, 11) is 0. The molecule has 3 heterocycles. The molecule has 2 atom stereocenters. The molecule has 0 bridgehead atoms. The summed E-state index contributed by atoms with van der Waals surface area (Å²) < 4.78 is 67.6. The maximum Gasteiger partial charge on any atom is 0.412 e. The highest BCUT2D eigenvalue weighted by Gasteiger charge is 2.43. The summed E-state index contributed by atoms with van der Waals surface area (Å²) >= 11 is 5.71. The molecule has 0 aliphatic carbocycles. The molecule has 37 heavy (non-hydrogen) atoms. The second-order valence-electron chi connectivity index (χ2n) is 9.46. The van der Waals surface area contributed by atoms with Crippen molar-refractivity contribution in [2.75, 3.05) is 18.4 Å². The highest BCUT2D eigenvalue weighted by atomic mass is 35.5. The molecule has 0 spiro atoms. The maximum absolute atomic E-state index is 14.5. The number of hydrogen-bond donors (Lipinski definition) is 1. The number of likely N-dealkylation sites (tertiary alicyclic amines) is 1. The van der Waals surface area contributed by atoms with Crippen LogP contribution in [0.2, 0.25) is 5.02 Å². The fourth-order valence-electron chi connectivity index (χ4n) is 3.80. The number of nitrogens with one attached hydrogen (secondary N) is 1. The normalized spacial score (nSPS) is 17.1. The van der Waals surface area contributed by atoms with Gasteiger partial charge in [-0.2, -0.15) is 13.2 Å². The Balaban J connectivity index is 1.57. The van der Waals surface area contributed by atoms with Crippen molar-refractivity contribution in [2.24, 2.45) is 0 Å². The minimum Gasteiger partial charge on any atom is -0.472 e. The number of carbonyl (C=O) groups excluding carboxylic acids is 1. The van der Waals surface area contributed by atoms with Gasteiger partial charge in [0.2, 0.25) is 5.88 Å². The smallest absolute Gasteiger partial charge is 0.412 e. The fraction of sp³-hybridized carbons (Fsp3) is 0.417. The average Bonchev–Trinajstić information content (AvgIpc) is 3.26. The summed E-state index contributed by atoms with van der Waals surface area (Å²) in [6.45, 7) is 5.99. The number of alkyl halides is 3. The number of halogens is 5. The predicted molar refractivity (Wildman–Crippen MR) is 128 cm³/mol. The first-order valence-corrected chi connectivity index (χ1v) is 11.7. The zero-order valence-corrected chi connectivity index (χ0v) is 20.9. The minimum atomic E-state index is -4.88. The van der Waals surface area contributed by atoms with Crippen LogP contribution in [0.4, 0.5) is 28.2 Å². The summed E-state index contributed by atoms with van der Waals surface area (Å²) in [6.07, 6.45) is -4.16. The summed E-state index contributed by atoms with van der Waals surface area (Å²) in [5, 5.41) is 1.81. The van der Waals surface area contributed by atoms with E-state index in [1.165, 1.54) is 23.1 Å². The van der Waals surface area contributed by atoms with Gasteiger partial charge in [-0.05, 0) is 32.9 Å². The Morgan fingerprint density at radius 1 is 1.19 bits per heavy atom. The van der Waals surface area contributed by atoms with Crippen LogP contribution < -0.4 is 10.1 Å². The number of nitrogens with zero attached hydrogens (tertiary/aromatic N) is 4. The first-order chi connectivity index (χ1) is 17.3. The maximum atomic E-state index is 14.5. The number of benzene rings is 1. The molecule has 1 amide bonds. The van der Waals surface area contributed by atoms with E-state index in [-0.39, 0.29) is 29.3 Å². The molecule has 1 fully saturated rings. The van der Waals surface area contributed by atoms with Crippen LogP contribution in [0.3, 0.4) is 0 Å². The van der Waals surface area contributed by atoms with Gasteiger partial charge >= 0.3 is 12.3 Å². The van der Waals surface area contributed by atoms with Crippen LogP contribution in [0.25, 0.3) is 11.0 Å². The molecule has 3 aromatic rings. The van der Waals surface area contributed by atoms with Crippen molar-refractivity contribution in [1.29, 1.82) is 0 Å². The van der Waals surface area contributed by atoms with E-state index < -0.39 is 46.4 Å². The van der Waals surface area contributed by atoms with Gasteiger partial charge in [0.1, 0.15) is 29.4 Å². The lowest BCUT2D eigenvalue weighted by Crippen LogP contribution is -2.36. The molecule has 2 aromatic heterocycles. The fourth-order valence-corrected chi connectivity index (χ4v) is 3.98. The Morgan fingerprint density at radius 2 is 1.95 bits per heavy atom. The van der Waals surface area contributed by atoms with Crippen LogP contribution in [0, 0.1) is 5.82 Å². The molecule has 0 saturated carbocycles. The predicted octanol–water partition coefficient (Wildman–Crippen LogP) is 5.92. The number of ether oxygens (including phenoxy) is 2. The second-order valence-corrected chi connectivity index (χ2v) is 9.86. The Kier molecular flexibility index (Phi) is 7.31. The third kappa shape index (κ3) is 6.30. The van der Waals surface area contributed by atoms with Crippen molar-refractivity contribution in [3.05, 3.63) is 53.1 Å². The molecular formula is C24H24ClF4N5O3. The van der Waals surface area contributed by atoms with E-state index >= 15 is 0 Å². The summed E-state index contributed by atoms with van der Waals surface area (Å²) in [5.41, 5.74) is -1.08. The Morgan fingerprint density at radius 3 is 2.65 bits per heavy atom. The van der Waals surface area contributed by atoms with Crippen LogP contribution in [-0.4, -0.2) is 56.9 Å². The number of fused-ring (bicyclic) bond motifs is 1. The summed E-state index contributed by atoms with van der Waals surface area (Å²) in [6, 6.07) is 3.97. The zero-order valence-electron chi connectivity index (χ0n) is 20.1. The number of aromatic nitrogens is 3. The lowest BCUT2D eigenvalue weighted by Gasteiger charge is -2.24. The van der Waals surface area contributed by atoms with Gasteiger partial charge in [0.15, 0.2) is 11.9 Å². The van der Waals surface area contributed by atoms with Gasteiger partial charge in [-0.25, -0.2) is 24.1 Å². The second kappa shape index (κ2) is 10.2. The van der Waals surface area contributed by atoms with Crippen molar-refractivity contribution in [1.82, 2.24) is 19.9 Å². The quantitative estimate of drug-likeness (QED) is 0.401. The van der Waals surface area contributed by atoms with Crippen molar-refractivity contribution in [2.45, 2.75) is 51.1 Å². The van der Waals surface area contributed by atoms with E-state index in [9.17, 15) is 22.4 Å². The molecule has 0 unspecified atom stereocenters. The van der Waals surface area contributed by atoms with Gasteiger partial charge in [-0.3, -0.25) is 0 Å². The average molecular weight is 542 g/mol. The molecule has 1 aromatic carbocycles. The third-order valence-corrected chi connectivity index (χ3v) is 5.73. The van der Waals surface area contributed by atoms with Gasteiger partial charge in [0.25, 0.3) is 0 Å². The molecule has 0 radical (unpaired) electrons. The van der Waals surface area contributed by atoms with Gasteiger partial charge in [-0.1, -0.05) is 23.7 Å². The number of carbonyl (C=O) groups is 1. The van der Waals surface area contributed by atoms with Crippen LogP contribution in [0.1, 0.15) is 38.8 Å². The van der Waals surface area contributed by atoms with Crippen LogP contribution in [0.5, 0.6) is 5.88 Å². The molecule has 1 aliphatic heterocycles. The van der Waals surface area contributed by atoms with Gasteiger partial charge in [-0.15, -0.1) is 0 Å². The molecule has 198 valence electrons. The van der Waals surface area contributed by atoms with Crippen molar-refractivity contribution < 1.29 is 31.8 Å². The van der Waals surface area contributed by atoms with E-state index in [0.717, 1.165) is 18.5 Å². The SMILES string of the molecule is CC(C)(C)OC(=O)N1CC[C@H](Oc2ccc3ncnc(N[C@H](c4cccc(Cl)c4F)C(F)(F)F)c3n2)C1. The van der Waals surface area contributed by atoms with Crippen molar-refractivity contribution >= 4 is 34.5 Å². The standard InChI is InChI=1S/C24H24ClF4N5O3/c1-23(2,3)37-22(35)34-10-9-13(11-34)36-17-8-7-16-19(32-17)21(31-12-30-16)33-20(24(27,28)29)14-5-4-6-15(25)18(14)26/h4-8,12-13,20H,9-11H2,1-3H3,(H,30,31,33)/t13-,20+/m0/s1. The molecule has 4 rings (SSSR count). The summed E-state index contributed by atoms with van der Waals surface area (Å²) in [5.74, 6) is -1.34. The van der Waals surface area contributed by atoms with Crippen molar-refractivity contribution in [3.8, 4) is 5.88 Å². The monoisotopic (exact) mass is 541 g/mol. The minimum absolute atomic E-state index is 0.00122. The van der Waals surface area contributed by atoms with Crippen LogP contribution in [0.15, 0.2) is 36.7 Å². The van der Waals surface area contributed by atoms with E-state index in [1.807, 2.05) is 0 Å². The molecule has 8 nitrogen and oxygen atoms in total. The van der Waals surface area contributed by atoms with E-state index in [4.69, 9.17) is 21.1 Å². The lowest BCUT2D eigenvalue weighted by atomic mass is 10.1. The van der Waals surface area contributed by atoms with Crippen LogP contribution >= 0.6 is 11.6 Å². The van der Waals surface area contributed by atoms with Gasteiger partial charge in [0.05, 0.1) is 17.1 Å². The highest BCUT2D eigenvalue weighted by Crippen LogP contribution is 2.38. The number of amides is 1. The highest BCUT2D eigenvalue weighted by molar-refractivity contribution is 6.30. The van der Waals surface area contributed by atoms with Gasteiger partial charge in [0, 0.05) is 24.6 Å². The first-order valence-electron chi connectivity index (χ1n) is 11.4. The Hall–Kier alpha value is -3.41. The number of pyridine rings is 1. The summed E-state index contributed by atoms with van der Waals surface area (Å²) in [4.78, 5) is 26.1.